The lowest BCUT2D eigenvalue weighted by molar-refractivity contribution is -0.142. The van der Waals surface area contributed by atoms with Crippen molar-refractivity contribution in [2.24, 2.45) is 17.3 Å². The van der Waals surface area contributed by atoms with Crippen LogP contribution in [0.25, 0.3) is 0 Å². The maximum Gasteiger partial charge on any atom is 0.311 e. The van der Waals surface area contributed by atoms with Crippen molar-refractivity contribution in [1.29, 1.82) is 0 Å². The molecule has 0 spiro atoms. The number of aliphatic carboxylic acids is 1. The molecule has 2 rings (SSSR count). The highest BCUT2D eigenvalue weighted by Crippen LogP contribution is 2.44. The number of carboxylic acid groups (broad SMARTS) is 1. The van der Waals surface area contributed by atoms with Crippen molar-refractivity contribution >= 4 is 17.4 Å². The monoisotopic (exact) mass is 427 g/mol. The maximum absolute atomic E-state index is 13.7. The van der Waals surface area contributed by atoms with E-state index in [4.69, 9.17) is 0 Å². The third kappa shape index (κ3) is 5.78. The first-order valence-corrected chi connectivity index (χ1v) is 11.5. The largest absolute Gasteiger partial charge is 0.507 e. The van der Waals surface area contributed by atoms with E-state index < -0.39 is 17.3 Å². The fourth-order valence-corrected chi connectivity index (χ4v) is 4.39. The molecule has 0 heterocycles. The molecule has 0 aromatic heterocycles. The molecule has 2 atom stereocenters. The van der Waals surface area contributed by atoms with E-state index in [1.165, 1.54) is 0 Å². The van der Waals surface area contributed by atoms with Gasteiger partial charge in [-0.3, -0.25) is 9.59 Å². The van der Waals surface area contributed by atoms with Gasteiger partial charge in [0.2, 0.25) is 0 Å². The summed E-state index contributed by atoms with van der Waals surface area (Å²) in [6.07, 6.45) is 11.4. The first-order valence-electron chi connectivity index (χ1n) is 11.5. The lowest BCUT2D eigenvalue weighted by atomic mass is 9.64. The van der Waals surface area contributed by atoms with Crippen molar-refractivity contribution < 1.29 is 19.8 Å². The highest BCUT2D eigenvalue weighted by Gasteiger charge is 2.48. The number of hydrogen-bond acceptors (Lipinski definition) is 4. The van der Waals surface area contributed by atoms with Crippen LogP contribution < -0.4 is 4.90 Å². The summed E-state index contributed by atoms with van der Waals surface area (Å²) >= 11 is 0. The Balaban J connectivity index is 2.43. The summed E-state index contributed by atoms with van der Waals surface area (Å²) in [5.74, 6) is -2.31. The minimum absolute atomic E-state index is 0.0873. The average Bonchev–Trinajstić information content (AvgIpc) is 2.73. The third-order valence-electron chi connectivity index (χ3n) is 5.95. The Morgan fingerprint density at radius 1 is 1.10 bits per heavy atom. The van der Waals surface area contributed by atoms with Gasteiger partial charge in [-0.1, -0.05) is 64.8 Å². The first kappa shape index (κ1) is 24.7. The van der Waals surface area contributed by atoms with Gasteiger partial charge in [0.25, 0.3) is 0 Å². The van der Waals surface area contributed by atoms with E-state index in [0.717, 1.165) is 44.5 Å². The topological polar surface area (TPSA) is 77.8 Å². The Morgan fingerprint density at radius 2 is 1.74 bits per heavy atom. The van der Waals surface area contributed by atoms with E-state index in [0.29, 0.717) is 6.42 Å². The summed E-state index contributed by atoms with van der Waals surface area (Å²) in [4.78, 5) is 28.0. The number of anilines is 1. The van der Waals surface area contributed by atoms with Crippen molar-refractivity contribution in [3.8, 4) is 5.75 Å². The summed E-state index contributed by atoms with van der Waals surface area (Å²) in [5.41, 5.74) is -0.137. The summed E-state index contributed by atoms with van der Waals surface area (Å²) in [6, 6.07) is 5.18. The van der Waals surface area contributed by atoms with Crippen LogP contribution in [0, 0.1) is 17.3 Å². The van der Waals surface area contributed by atoms with E-state index in [9.17, 15) is 19.8 Å². The SMILES string of the molecule is CCCCN(CCCC)c1ccc(C(=O)C2(CC(C)C)C=CC=CC2C(=O)O)c(O)c1. The second-order valence-electron chi connectivity index (χ2n) is 8.92. The van der Waals surface area contributed by atoms with Gasteiger partial charge < -0.3 is 15.1 Å². The normalized spacial score (nSPS) is 20.2. The minimum atomic E-state index is -1.21. The quantitative estimate of drug-likeness (QED) is 0.410. The van der Waals surface area contributed by atoms with E-state index in [2.05, 4.69) is 18.7 Å². The van der Waals surface area contributed by atoms with Crippen LogP contribution in [0.2, 0.25) is 0 Å². The number of phenols is 1. The summed E-state index contributed by atoms with van der Waals surface area (Å²) in [7, 11) is 0. The number of unbranched alkanes of at least 4 members (excludes halogenated alkanes) is 2. The number of carbonyl (C=O) groups excluding carboxylic acids is 1. The predicted octanol–water partition coefficient (Wildman–Crippen LogP) is 5.84. The molecule has 5 nitrogen and oxygen atoms in total. The summed E-state index contributed by atoms with van der Waals surface area (Å²) in [6.45, 7) is 10.0. The molecule has 31 heavy (non-hydrogen) atoms. The van der Waals surface area contributed by atoms with Crippen LogP contribution >= 0.6 is 0 Å². The second-order valence-corrected chi connectivity index (χ2v) is 8.92. The molecule has 170 valence electrons. The number of rotatable bonds is 12. The van der Waals surface area contributed by atoms with Crippen molar-refractivity contribution in [2.45, 2.75) is 59.8 Å². The molecule has 1 aromatic rings. The number of nitrogens with zero attached hydrogens (tertiary/aromatic N) is 1. The standard InChI is InChI=1S/C26H37NO4/c1-5-7-15-27(16-8-6-2)20-12-13-21(23(28)17-20)24(29)26(18-19(3)4)14-10-9-11-22(26)25(30)31/h9-14,17,19,22,28H,5-8,15-16,18H2,1-4H3,(H,30,31). The molecule has 1 aliphatic rings. The van der Waals surface area contributed by atoms with Gasteiger partial charge in [0.05, 0.1) is 16.9 Å². The van der Waals surface area contributed by atoms with Crippen molar-refractivity contribution in [3.63, 3.8) is 0 Å². The highest BCUT2D eigenvalue weighted by molar-refractivity contribution is 6.06. The van der Waals surface area contributed by atoms with Crippen LogP contribution in [0.3, 0.4) is 0 Å². The first-order chi connectivity index (χ1) is 14.8. The number of benzene rings is 1. The molecule has 0 saturated carbocycles. The molecule has 1 aliphatic carbocycles. The fraction of sp³-hybridized carbons (Fsp3) is 0.538. The van der Waals surface area contributed by atoms with Crippen LogP contribution in [0.4, 0.5) is 5.69 Å². The molecule has 0 radical (unpaired) electrons. The zero-order valence-electron chi connectivity index (χ0n) is 19.3. The summed E-state index contributed by atoms with van der Waals surface area (Å²) in [5, 5.41) is 20.7. The van der Waals surface area contributed by atoms with Crippen molar-refractivity contribution in [2.75, 3.05) is 18.0 Å². The molecule has 5 heteroatoms. The number of carbonyl (C=O) groups is 2. The van der Waals surface area contributed by atoms with Gasteiger partial charge in [0.15, 0.2) is 5.78 Å². The minimum Gasteiger partial charge on any atom is -0.507 e. The zero-order chi connectivity index (χ0) is 23.0. The van der Waals surface area contributed by atoms with Crippen LogP contribution in [-0.2, 0) is 4.79 Å². The molecular weight excluding hydrogens is 390 g/mol. The number of Topliss-reactive ketones (excluding diaryl/α,β-unsaturated/α-hetero) is 1. The molecule has 0 amide bonds. The van der Waals surface area contributed by atoms with E-state index in [-0.39, 0.29) is 23.0 Å². The van der Waals surface area contributed by atoms with Crippen molar-refractivity contribution in [1.82, 2.24) is 0 Å². The average molecular weight is 428 g/mol. The van der Waals surface area contributed by atoms with Gasteiger partial charge in [-0.15, -0.1) is 0 Å². The van der Waals surface area contributed by atoms with Gasteiger partial charge in [-0.2, -0.15) is 0 Å². The zero-order valence-corrected chi connectivity index (χ0v) is 19.3. The number of aromatic hydroxyl groups is 1. The number of carboxylic acids is 1. The Bertz CT molecular complexity index is 819. The number of allylic oxidation sites excluding steroid dienone is 3. The third-order valence-corrected chi connectivity index (χ3v) is 5.95. The van der Waals surface area contributed by atoms with Gasteiger partial charge in [-0.05, 0) is 37.3 Å². The lowest BCUT2D eigenvalue weighted by Crippen LogP contribution is -2.42. The maximum atomic E-state index is 13.7. The van der Waals surface area contributed by atoms with Crippen LogP contribution in [0.1, 0.15) is 70.2 Å². The molecule has 1 aromatic carbocycles. The Labute approximate surface area is 186 Å². The van der Waals surface area contributed by atoms with Crippen LogP contribution in [0.15, 0.2) is 42.5 Å². The Kier molecular flexibility index (Phi) is 8.90. The smallest absolute Gasteiger partial charge is 0.311 e. The number of hydrogen-bond donors (Lipinski definition) is 2. The Morgan fingerprint density at radius 3 is 2.26 bits per heavy atom. The van der Waals surface area contributed by atoms with Crippen LogP contribution in [0.5, 0.6) is 5.75 Å². The number of ketones is 1. The summed E-state index contributed by atoms with van der Waals surface area (Å²) < 4.78 is 0. The molecular formula is C26H37NO4. The molecule has 0 saturated heterocycles. The van der Waals surface area contributed by atoms with E-state index in [1.54, 1.807) is 36.4 Å². The van der Waals surface area contributed by atoms with Gasteiger partial charge in [-0.25, -0.2) is 0 Å². The van der Waals surface area contributed by atoms with E-state index >= 15 is 0 Å². The van der Waals surface area contributed by atoms with Crippen molar-refractivity contribution in [3.05, 3.63) is 48.1 Å². The van der Waals surface area contributed by atoms with Gasteiger partial charge in [0, 0.05) is 24.8 Å². The molecule has 2 N–H and O–H groups in total. The van der Waals surface area contributed by atoms with E-state index in [1.807, 2.05) is 19.9 Å². The molecule has 0 aliphatic heterocycles. The molecule has 2 unspecified atom stereocenters. The number of phenolic OH excluding ortho intramolecular Hbond substituents is 1. The van der Waals surface area contributed by atoms with Gasteiger partial charge in [0.1, 0.15) is 5.75 Å². The molecule has 0 bridgehead atoms. The predicted molar refractivity (Wildman–Crippen MR) is 126 cm³/mol. The lowest BCUT2D eigenvalue weighted by Gasteiger charge is -2.36. The highest BCUT2D eigenvalue weighted by atomic mass is 16.4. The Hall–Kier alpha value is -2.56. The van der Waals surface area contributed by atoms with Gasteiger partial charge >= 0.3 is 5.97 Å². The van der Waals surface area contributed by atoms with Crippen LogP contribution in [-0.4, -0.2) is 35.1 Å². The second kappa shape index (κ2) is 11.2. The fourth-order valence-electron chi connectivity index (χ4n) is 4.39. The molecule has 0 fully saturated rings.